The van der Waals surface area contributed by atoms with E-state index >= 15 is 0 Å². The molecule has 0 saturated heterocycles. The van der Waals surface area contributed by atoms with Crippen LogP contribution in [-0.2, 0) is 0 Å². The number of benzene rings is 2. The molecule has 2 rings (SSSR count). The minimum absolute atomic E-state index is 0. The SMILES string of the molecule is COc1cc(OC)cc(OCCN=C(N)Nc2cc(C)cc(C)c2)c1.I. The summed E-state index contributed by atoms with van der Waals surface area (Å²) in [4.78, 5) is 4.27. The van der Waals surface area contributed by atoms with E-state index in [9.17, 15) is 0 Å². The lowest BCUT2D eigenvalue weighted by Gasteiger charge is -2.10. The van der Waals surface area contributed by atoms with Gasteiger partial charge >= 0.3 is 0 Å². The Morgan fingerprint density at radius 3 is 2.00 bits per heavy atom. The van der Waals surface area contributed by atoms with Crippen LogP contribution in [0, 0.1) is 13.8 Å². The summed E-state index contributed by atoms with van der Waals surface area (Å²) in [6.07, 6.45) is 0. The summed E-state index contributed by atoms with van der Waals surface area (Å²) >= 11 is 0. The fraction of sp³-hybridized carbons (Fsp3) is 0.316. The van der Waals surface area contributed by atoms with E-state index in [0.29, 0.717) is 36.4 Å². The van der Waals surface area contributed by atoms with Crippen LogP contribution in [0.25, 0.3) is 0 Å². The first-order chi connectivity index (χ1) is 12.0. The average molecular weight is 471 g/mol. The molecule has 3 N–H and O–H groups in total. The number of rotatable bonds is 7. The van der Waals surface area contributed by atoms with Crippen LogP contribution < -0.4 is 25.3 Å². The van der Waals surface area contributed by atoms with Gasteiger partial charge in [0.2, 0.25) is 0 Å². The number of hydrogen-bond acceptors (Lipinski definition) is 4. The molecule has 2 aromatic carbocycles. The third-order valence-electron chi connectivity index (χ3n) is 3.46. The van der Waals surface area contributed by atoms with Gasteiger partial charge in [-0.3, -0.25) is 0 Å². The Morgan fingerprint density at radius 2 is 1.46 bits per heavy atom. The zero-order valence-corrected chi connectivity index (χ0v) is 17.9. The Balaban J connectivity index is 0.00000338. The van der Waals surface area contributed by atoms with Crippen LogP contribution in [0.1, 0.15) is 11.1 Å². The minimum Gasteiger partial charge on any atom is -0.496 e. The maximum atomic E-state index is 5.92. The molecule has 0 fully saturated rings. The van der Waals surface area contributed by atoms with Crippen molar-refractivity contribution in [3.63, 3.8) is 0 Å². The van der Waals surface area contributed by atoms with Crippen molar-refractivity contribution in [1.82, 2.24) is 0 Å². The molecule has 2 aromatic rings. The summed E-state index contributed by atoms with van der Waals surface area (Å²) < 4.78 is 16.1. The molecule has 0 saturated carbocycles. The van der Waals surface area contributed by atoms with Gasteiger partial charge in [0.05, 0.1) is 20.8 Å². The van der Waals surface area contributed by atoms with Gasteiger partial charge in [-0.15, -0.1) is 24.0 Å². The van der Waals surface area contributed by atoms with E-state index in [1.807, 2.05) is 26.0 Å². The Hall–Kier alpha value is -2.16. The van der Waals surface area contributed by atoms with E-state index in [1.54, 1.807) is 32.4 Å². The predicted molar refractivity (Wildman–Crippen MR) is 116 cm³/mol. The Kier molecular flexibility index (Phi) is 9.04. The van der Waals surface area contributed by atoms with E-state index in [2.05, 4.69) is 16.4 Å². The molecule has 0 heterocycles. The van der Waals surface area contributed by atoms with Crippen molar-refractivity contribution >= 4 is 35.6 Å². The van der Waals surface area contributed by atoms with Crippen LogP contribution >= 0.6 is 24.0 Å². The van der Waals surface area contributed by atoms with Crippen LogP contribution in [0.3, 0.4) is 0 Å². The lowest BCUT2D eigenvalue weighted by molar-refractivity contribution is 0.321. The normalized spacial score (nSPS) is 10.7. The Labute approximate surface area is 171 Å². The number of hydrogen-bond donors (Lipinski definition) is 2. The van der Waals surface area contributed by atoms with Crippen LogP contribution in [0.4, 0.5) is 5.69 Å². The van der Waals surface area contributed by atoms with Crippen LogP contribution in [0.2, 0.25) is 0 Å². The molecule has 0 amide bonds. The van der Waals surface area contributed by atoms with E-state index < -0.39 is 0 Å². The van der Waals surface area contributed by atoms with Crippen LogP contribution in [0.15, 0.2) is 41.4 Å². The second-order valence-electron chi connectivity index (χ2n) is 5.67. The third-order valence-corrected chi connectivity index (χ3v) is 3.46. The highest BCUT2D eigenvalue weighted by atomic mass is 127. The van der Waals surface area contributed by atoms with Crippen molar-refractivity contribution in [2.45, 2.75) is 13.8 Å². The number of aryl methyl sites for hydroxylation is 2. The summed E-state index contributed by atoms with van der Waals surface area (Å²) in [7, 11) is 3.20. The standard InChI is InChI=1S/C19H25N3O3.HI/c1-13-7-14(2)9-15(8-13)22-19(20)21-5-6-25-18-11-16(23-3)10-17(12-18)24-4;/h7-12H,5-6H2,1-4H3,(H3,20,21,22);1H. The zero-order chi connectivity index (χ0) is 18.2. The van der Waals surface area contributed by atoms with Gasteiger partial charge in [-0.1, -0.05) is 6.07 Å². The van der Waals surface area contributed by atoms with Crippen molar-refractivity contribution in [3.05, 3.63) is 47.5 Å². The quantitative estimate of drug-likeness (QED) is 0.279. The number of nitrogens with two attached hydrogens (primary N) is 1. The predicted octanol–water partition coefficient (Wildman–Crippen LogP) is 3.74. The van der Waals surface area contributed by atoms with Gasteiger partial charge < -0.3 is 25.3 Å². The van der Waals surface area contributed by atoms with Crippen molar-refractivity contribution in [2.75, 3.05) is 32.7 Å². The number of nitrogens with one attached hydrogen (secondary N) is 1. The molecule has 0 spiro atoms. The molecule has 0 aromatic heterocycles. The fourth-order valence-corrected chi connectivity index (χ4v) is 2.43. The molecule has 0 radical (unpaired) electrons. The van der Waals surface area contributed by atoms with E-state index in [0.717, 1.165) is 5.69 Å². The van der Waals surface area contributed by atoms with Gasteiger partial charge in [-0.05, 0) is 37.1 Å². The largest absolute Gasteiger partial charge is 0.496 e. The van der Waals surface area contributed by atoms with Gasteiger partial charge in [0.15, 0.2) is 5.96 Å². The van der Waals surface area contributed by atoms with Gasteiger partial charge in [0, 0.05) is 23.9 Å². The minimum atomic E-state index is 0. The first-order valence-electron chi connectivity index (χ1n) is 8.01. The van der Waals surface area contributed by atoms with Crippen molar-refractivity contribution < 1.29 is 14.2 Å². The summed E-state index contributed by atoms with van der Waals surface area (Å²) in [5, 5.41) is 3.09. The maximum Gasteiger partial charge on any atom is 0.193 e. The van der Waals surface area contributed by atoms with E-state index in [4.69, 9.17) is 19.9 Å². The van der Waals surface area contributed by atoms with Gasteiger partial charge in [0.1, 0.15) is 23.9 Å². The average Bonchev–Trinajstić information content (AvgIpc) is 2.57. The van der Waals surface area contributed by atoms with E-state index in [1.165, 1.54) is 11.1 Å². The number of guanidine groups is 1. The third kappa shape index (κ3) is 6.99. The fourth-order valence-electron chi connectivity index (χ4n) is 2.43. The Morgan fingerprint density at radius 1 is 0.923 bits per heavy atom. The zero-order valence-electron chi connectivity index (χ0n) is 15.5. The molecular weight excluding hydrogens is 445 g/mol. The second-order valence-corrected chi connectivity index (χ2v) is 5.67. The molecule has 0 aliphatic rings. The summed E-state index contributed by atoms with van der Waals surface area (Å²) in [5.41, 5.74) is 9.19. The first kappa shape index (κ1) is 21.9. The monoisotopic (exact) mass is 471 g/mol. The van der Waals surface area contributed by atoms with Crippen LogP contribution in [0.5, 0.6) is 17.2 Å². The second kappa shape index (κ2) is 10.7. The molecule has 0 atom stereocenters. The number of ether oxygens (including phenoxy) is 3. The molecule has 26 heavy (non-hydrogen) atoms. The van der Waals surface area contributed by atoms with Gasteiger partial charge in [-0.2, -0.15) is 0 Å². The summed E-state index contributed by atoms with van der Waals surface area (Å²) in [5.74, 6) is 2.37. The highest BCUT2D eigenvalue weighted by Crippen LogP contribution is 2.27. The smallest absolute Gasteiger partial charge is 0.193 e. The molecular formula is C19H26IN3O3. The first-order valence-corrected chi connectivity index (χ1v) is 8.01. The van der Waals surface area contributed by atoms with Gasteiger partial charge in [0.25, 0.3) is 0 Å². The van der Waals surface area contributed by atoms with Crippen molar-refractivity contribution in [3.8, 4) is 17.2 Å². The topological polar surface area (TPSA) is 78.1 Å². The van der Waals surface area contributed by atoms with Crippen molar-refractivity contribution in [1.29, 1.82) is 0 Å². The molecule has 0 aliphatic carbocycles. The summed E-state index contributed by atoms with van der Waals surface area (Å²) in [6.45, 7) is 4.91. The highest BCUT2D eigenvalue weighted by molar-refractivity contribution is 14.0. The molecule has 6 nitrogen and oxygen atoms in total. The lowest BCUT2D eigenvalue weighted by atomic mass is 10.1. The molecule has 0 unspecified atom stereocenters. The summed E-state index contributed by atoms with van der Waals surface area (Å²) in [6, 6.07) is 11.5. The maximum absolute atomic E-state index is 5.92. The number of halogens is 1. The molecule has 0 bridgehead atoms. The van der Waals surface area contributed by atoms with Gasteiger partial charge in [-0.25, -0.2) is 4.99 Å². The number of aliphatic imine (C=N–C) groups is 1. The van der Waals surface area contributed by atoms with Crippen LogP contribution in [-0.4, -0.2) is 33.3 Å². The molecule has 0 aliphatic heterocycles. The lowest BCUT2D eigenvalue weighted by Crippen LogP contribution is -2.23. The van der Waals surface area contributed by atoms with Crippen molar-refractivity contribution in [2.24, 2.45) is 10.7 Å². The number of nitrogens with zero attached hydrogens (tertiary/aromatic N) is 1. The number of anilines is 1. The highest BCUT2D eigenvalue weighted by Gasteiger charge is 2.03. The van der Waals surface area contributed by atoms with E-state index in [-0.39, 0.29) is 24.0 Å². The Bertz CT molecular complexity index is 708. The number of methoxy groups -OCH3 is 2. The molecule has 142 valence electrons. The molecule has 7 heteroatoms.